The fourth-order valence-corrected chi connectivity index (χ4v) is 4.01. The smallest absolute Gasteiger partial charge is 0.322 e. The molecule has 0 unspecified atom stereocenters. The number of hydrogen-bond acceptors (Lipinski definition) is 5. The molecule has 2 aromatic carbocycles. The highest BCUT2D eigenvalue weighted by molar-refractivity contribution is 7.88. The maximum absolute atomic E-state index is 12.5. The van der Waals surface area contributed by atoms with E-state index in [0.717, 1.165) is 5.56 Å². The summed E-state index contributed by atoms with van der Waals surface area (Å²) in [5.41, 5.74) is 1.88. The fourth-order valence-electron chi connectivity index (χ4n) is 2.64. The van der Waals surface area contributed by atoms with E-state index in [4.69, 9.17) is 10.4 Å². The first kappa shape index (κ1) is 22.1. The summed E-state index contributed by atoms with van der Waals surface area (Å²) in [5, 5.41) is 19.8. The molecule has 0 aliphatic heterocycles. The Morgan fingerprint density at radius 1 is 1.03 bits per heavy atom. The quantitative estimate of drug-likeness (QED) is 0.533. The molecule has 0 radical (unpaired) electrons. The Morgan fingerprint density at radius 2 is 1.69 bits per heavy atom. The van der Waals surface area contributed by atoms with Gasteiger partial charge in [-0.2, -0.15) is 5.26 Å². The highest BCUT2D eigenvalue weighted by Gasteiger charge is 2.25. The molecule has 3 N–H and O–H groups in total. The number of hydrogen-bond donors (Lipinski definition) is 3. The number of rotatable bonds is 10. The fraction of sp³-hybridized carbons (Fsp3) is 0.250. The standard InChI is InChI=1S/C20H21N3O5S/c21-12-16-8-6-15(7-9-16)10-11-18(20(26)22-13-19(24)25)23-29(27,28)14-17-4-2-1-3-5-17/h1-9,18,23H,10-11,13-14H2,(H,22,26)(H,24,25)/t18-/m1/s1. The molecular weight excluding hydrogens is 394 g/mol. The average molecular weight is 415 g/mol. The molecule has 0 saturated heterocycles. The second-order valence-corrected chi connectivity index (χ2v) is 8.13. The molecule has 0 aliphatic carbocycles. The number of sulfonamides is 1. The number of carbonyl (C=O) groups excluding carboxylic acids is 1. The highest BCUT2D eigenvalue weighted by atomic mass is 32.2. The molecule has 2 aromatic rings. The number of nitrogens with zero attached hydrogens (tertiary/aromatic N) is 1. The second kappa shape index (κ2) is 10.4. The molecule has 0 fully saturated rings. The zero-order valence-corrected chi connectivity index (χ0v) is 16.4. The third kappa shape index (κ3) is 7.73. The first-order valence-electron chi connectivity index (χ1n) is 8.81. The third-order valence-electron chi connectivity index (χ3n) is 4.06. The van der Waals surface area contributed by atoms with Gasteiger partial charge < -0.3 is 10.4 Å². The van der Waals surface area contributed by atoms with Crippen LogP contribution >= 0.6 is 0 Å². The molecule has 2 rings (SSSR count). The van der Waals surface area contributed by atoms with Gasteiger partial charge in [0.2, 0.25) is 15.9 Å². The molecule has 1 atom stereocenters. The molecule has 0 aromatic heterocycles. The molecular formula is C20H21N3O5S. The van der Waals surface area contributed by atoms with Gasteiger partial charge in [-0.05, 0) is 36.1 Å². The zero-order valence-electron chi connectivity index (χ0n) is 15.5. The Bertz CT molecular complexity index is 983. The van der Waals surface area contributed by atoms with Gasteiger partial charge in [-0.25, -0.2) is 13.1 Å². The summed E-state index contributed by atoms with van der Waals surface area (Å²) in [6.07, 6.45) is 0.496. The number of carbonyl (C=O) groups is 2. The number of nitriles is 1. The number of amides is 1. The van der Waals surface area contributed by atoms with Crippen molar-refractivity contribution in [1.29, 1.82) is 5.26 Å². The van der Waals surface area contributed by atoms with Crippen molar-refractivity contribution >= 4 is 21.9 Å². The molecule has 0 spiro atoms. The maximum atomic E-state index is 12.5. The molecule has 9 heteroatoms. The molecule has 0 heterocycles. The van der Waals surface area contributed by atoms with Crippen LogP contribution in [0, 0.1) is 11.3 Å². The number of carboxylic acid groups (broad SMARTS) is 1. The Labute approximate surface area is 169 Å². The Balaban J connectivity index is 2.09. The van der Waals surface area contributed by atoms with E-state index in [-0.39, 0.29) is 12.2 Å². The van der Waals surface area contributed by atoms with Gasteiger partial charge >= 0.3 is 5.97 Å². The predicted molar refractivity (Wildman–Crippen MR) is 106 cm³/mol. The molecule has 1 amide bonds. The number of carboxylic acids is 1. The van der Waals surface area contributed by atoms with Crippen molar-refractivity contribution in [2.24, 2.45) is 0 Å². The summed E-state index contributed by atoms with van der Waals surface area (Å²) < 4.78 is 27.4. The summed E-state index contributed by atoms with van der Waals surface area (Å²) >= 11 is 0. The van der Waals surface area contributed by atoms with E-state index in [9.17, 15) is 18.0 Å². The van der Waals surface area contributed by atoms with Crippen molar-refractivity contribution in [1.82, 2.24) is 10.0 Å². The maximum Gasteiger partial charge on any atom is 0.322 e. The van der Waals surface area contributed by atoms with Gasteiger partial charge in [0.25, 0.3) is 0 Å². The lowest BCUT2D eigenvalue weighted by Gasteiger charge is -2.18. The van der Waals surface area contributed by atoms with Gasteiger partial charge in [0, 0.05) is 0 Å². The topological polar surface area (TPSA) is 136 Å². The lowest BCUT2D eigenvalue weighted by Crippen LogP contribution is -2.48. The molecule has 8 nitrogen and oxygen atoms in total. The van der Waals surface area contributed by atoms with Crippen LogP contribution < -0.4 is 10.0 Å². The Kier molecular flexibility index (Phi) is 7.88. The van der Waals surface area contributed by atoms with E-state index < -0.39 is 34.5 Å². The Morgan fingerprint density at radius 3 is 2.28 bits per heavy atom. The number of benzene rings is 2. The van der Waals surface area contributed by atoms with E-state index in [0.29, 0.717) is 17.5 Å². The van der Waals surface area contributed by atoms with Crippen molar-refractivity contribution < 1.29 is 23.1 Å². The number of aryl methyl sites for hydroxylation is 1. The molecule has 152 valence electrons. The number of aliphatic carboxylic acids is 1. The van der Waals surface area contributed by atoms with Crippen molar-refractivity contribution in [2.75, 3.05) is 6.54 Å². The first-order valence-corrected chi connectivity index (χ1v) is 10.5. The van der Waals surface area contributed by atoms with E-state index in [1.807, 2.05) is 6.07 Å². The van der Waals surface area contributed by atoms with Crippen molar-refractivity contribution in [2.45, 2.75) is 24.6 Å². The van der Waals surface area contributed by atoms with Crippen molar-refractivity contribution in [3.8, 4) is 6.07 Å². The van der Waals surface area contributed by atoms with Gasteiger partial charge in [0.05, 0.1) is 17.4 Å². The minimum atomic E-state index is -3.83. The van der Waals surface area contributed by atoms with Gasteiger partial charge in [0.1, 0.15) is 12.6 Å². The largest absolute Gasteiger partial charge is 0.480 e. The van der Waals surface area contributed by atoms with Crippen LogP contribution in [0.15, 0.2) is 54.6 Å². The summed E-state index contributed by atoms with van der Waals surface area (Å²) in [5.74, 6) is -2.23. The van der Waals surface area contributed by atoms with Gasteiger partial charge in [-0.15, -0.1) is 0 Å². The third-order valence-corrected chi connectivity index (χ3v) is 5.41. The van der Waals surface area contributed by atoms with Crippen LogP contribution in [0.3, 0.4) is 0 Å². The van der Waals surface area contributed by atoms with Crippen LogP contribution in [0.2, 0.25) is 0 Å². The van der Waals surface area contributed by atoms with Crippen LogP contribution in [0.5, 0.6) is 0 Å². The summed E-state index contributed by atoms with van der Waals surface area (Å²) in [6.45, 7) is -0.605. The van der Waals surface area contributed by atoms with Crippen LogP contribution in [0.4, 0.5) is 0 Å². The first-order chi connectivity index (χ1) is 13.8. The van der Waals surface area contributed by atoms with Crippen LogP contribution in [0.1, 0.15) is 23.1 Å². The minimum Gasteiger partial charge on any atom is -0.480 e. The van der Waals surface area contributed by atoms with E-state index in [1.165, 1.54) is 0 Å². The summed E-state index contributed by atoms with van der Waals surface area (Å²) in [6, 6.07) is 16.1. The van der Waals surface area contributed by atoms with Crippen molar-refractivity contribution in [3.05, 3.63) is 71.3 Å². The zero-order chi connectivity index (χ0) is 21.3. The molecule has 0 aliphatic rings. The molecule has 29 heavy (non-hydrogen) atoms. The minimum absolute atomic E-state index is 0.130. The van der Waals surface area contributed by atoms with E-state index in [1.54, 1.807) is 54.6 Å². The molecule has 0 saturated carbocycles. The highest BCUT2D eigenvalue weighted by Crippen LogP contribution is 2.10. The van der Waals surface area contributed by atoms with Gasteiger partial charge in [-0.1, -0.05) is 42.5 Å². The lowest BCUT2D eigenvalue weighted by atomic mass is 10.0. The van der Waals surface area contributed by atoms with Crippen molar-refractivity contribution in [3.63, 3.8) is 0 Å². The van der Waals surface area contributed by atoms with E-state index >= 15 is 0 Å². The second-order valence-electron chi connectivity index (χ2n) is 6.37. The normalized spacial score (nSPS) is 12.0. The van der Waals surface area contributed by atoms with Gasteiger partial charge in [-0.3, -0.25) is 9.59 Å². The average Bonchev–Trinajstić information content (AvgIpc) is 2.70. The van der Waals surface area contributed by atoms with E-state index in [2.05, 4.69) is 10.0 Å². The Hall–Kier alpha value is -3.22. The SMILES string of the molecule is N#Cc1ccc(CC[C@@H](NS(=O)(=O)Cc2ccccc2)C(=O)NCC(=O)O)cc1. The number of nitrogens with one attached hydrogen (secondary N) is 2. The summed E-state index contributed by atoms with van der Waals surface area (Å²) in [4.78, 5) is 23.1. The molecule has 0 bridgehead atoms. The lowest BCUT2D eigenvalue weighted by molar-refractivity contribution is -0.138. The van der Waals surface area contributed by atoms with Gasteiger partial charge in [0.15, 0.2) is 0 Å². The van der Waals surface area contributed by atoms with Crippen LogP contribution in [0.25, 0.3) is 0 Å². The van der Waals surface area contributed by atoms with Crippen LogP contribution in [-0.2, 0) is 31.8 Å². The monoisotopic (exact) mass is 415 g/mol. The van der Waals surface area contributed by atoms with Crippen LogP contribution in [-0.4, -0.2) is 38.0 Å². The summed E-state index contributed by atoms with van der Waals surface area (Å²) in [7, 11) is -3.83. The predicted octanol–water partition coefficient (Wildman–Crippen LogP) is 1.18.